The van der Waals surface area contributed by atoms with E-state index in [0.717, 1.165) is 6.42 Å². The zero-order chi connectivity index (χ0) is 11.7. The molecule has 0 radical (unpaired) electrons. The number of hydrogen-bond acceptors (Lipinski definition) is 3. The van der Waals surface area contributed by atoms with Crippen molar-refractivity contribution >= 4 is 23.4 Å². The highest BCUT2D eigenvalue weighted by Gasteiger charge is 2.27. The van der Waals surface area contributed by atoms with Crippen LogP contribution in [0.4, 0.5) is 5.69 Å². The third-order valence-electron chi connectivity index (χ3n) is 2.71. The summed E-state index contributed by atoms with van der Waals surface area (Å²) in [6, 6.07) is 8.15. The summed E-state index contributed by atoms with van der Waals surface area (Å²) in [6.45, 7) is 0. The van der Waals surface area contributed by atoms with Crippen molar-refractivity contribution in [3.8, 4) is 0 Å². The maximum Gasteiger partial charge on any atom is 0.238 e. The molecule has 1 aromatic carbocycles. The van der Waals surface area contributed by atoms with Crippen molar-refractivity contribution in [3.05, 3.63) is 42.2 Å². The van der Waals surface area contributed by atoms with Crippen molar-refractivity contribution in [1.29, 1.82) is 0 Å². The van der Waals surface area contributed by atoms with Crippen LogP contribution in [-0.2, 0) is 11.2 Å². The topological polar surface area (TPSA) is 57.8 Å². The largest absolute Gasteiger partial charge is 0.322 e. The molecule has 1 atom stereocenters. The Balaban J connectivity index is 1.70. The van der Waals surface area contributed by atoms with Gasteiger partial charge in [-0.15, -0.1) is 11.8 Å². The molecule has 1 amide bonds. The Bertz CT molecular complexity index is 513. The Hall–Kier alpha value is -1.75. The molecule has 2 N–H and O–H groups in total. The number of H-pyrrole nitrogens is 1. The number of benzene rings is 1. The van der Waals surface area contributed by atoms with Crippen LogP contribution < -0.4 is 5.32 Å². The number of aromatic nitrogens is 2. The van der Waals surface area contributed by atoms with E-state index in [1.807, 2.05) is 12.1 Å². The second kappa shape index (κ2) is 4.25. The molecule has 2 aromatic rings. The maximum atomic E-state index is 12.0. The van der Waals surface area contributed by atoms with Gasteiger partial charge in [-0.3, -0.25) is 9.89 Å². The first-order valence-electron chi connectivity index (χ1n) is 5.37. The molecular weight excluding hydrogens is 234 g/mol. The number of thioether (sulfide) groups is 1. The predicted molar refractivity (Wildman–Crippen MR) is 67.0 cm³/mol. The predicted octanol–water partition coefficient (Wildman–Crippen LogP) is 2.07. The van der Waals surface area contributed by atoms with Crippen LogP contribution in [0.1, 0.15) is 5.56 Å². The van der Waals surface area contributed by atoms with Crippen LogP contribution >= 0.6 is 11.8 Å². The third kappa shape index (κ3) is 2.06. The van der Waals surface area contributed by atoms with E-state index in [9.17, 15) is 4.79 Å². The van der Waals surface area contributed by atoms with Crippen molar-refractivity contribution in [3.63, 3.8) is 0 Å². The van der Waals surface area contributed by atoms with Crippen LogP contribution in [0.25, 0.3) is 0 Å². The molecule has 0 aliphatic carbocycles. The lowest BCUT2D eigenvalue weighted by molar-refractivity contribution is -0.115. The lowest BCUT2D eigenvalue weighted by atomic mass is 10.1. The number of hydrogen-bond donors (Lipinski definition) is 2. The molecule has 1 aromatic heterocycles. The van der Waals surface area contributed by atoms with Crippen LogP contribution in [0, 0.1) is 0 Å². The molecule has 0 spiro atoms. The fourth-order valence-electron chi connectivity index (χ4n) is 1.87. The number of carbonyl (C=O) groups excluding carboxylic acids is 1. The monoisotopic (exact) mass is 245 g/mol. The first kappa shape index (κ1) is 10.4. The van der Waals surface area contributed by atoms with Crippen molar-refractivity contribution in [2.45, 2.75) is 16.6 Å². The highest BCUT2D eigenvalue weighted by Crippen LogP contribution is 2.37. The number of fused-ring (bicyclic) bond motifs is 1. The van der Waals surface area contributed by atoms with Gasteiger partial charge < -0.3 is 5.32 Å². The van der Waals surface area contributed by atoms with Gasteiger partial charge in [0.15, 0.2) is 0 Å². The Morgan fingerprint density at radius 3 is 3.12 bits per heavy atom. The van der Waals surface area contributed by atoms with Crippen LogP contribution in [0.3, 0.4) is 0 Å². The lowest BCUT2D eigenvalue weighted by Gasteiger charge is -2.07. The number of rotatable bonds is 2. The van der Waals surface area contributed by atoms with Gasteiger partial charge in [0.2, 0.25) is 5.91 Å². The van der Waals surface area contributed by atoms with E-state index in [2.05, 4.69) is 27.6 Å². The molecular formula is C12H11N3OS. The summed E-state index contributed by atoms with van der Waals surface area (Å²) < 4.78 is 0. The van der Waals surface area contributed by atoms with E-state index in [0.29, 0.717) is 5.69 Å². The van der Waals surface area contributed by atoms with Gasteiger partial charge >= 0.3 is 0 Å². The van der Waals surface area contributed by atoms with Gasteiger partial charge in [0.05, 0.1) is 17.1 Å². The molecule has 0 saturated heterocycles. The van der Waals surface area contributed by atoms with E-state index in [-0.39, 0.29) is 11.2 Å². The molecule has 86 valence electrons. The minimum Gasteiger partial charge on any atom is -0.322 e. The zero-order valence-corrected chi connectivity index (χ0v) is 9.83. The Morgan fingerprint density at radius 2 is 2.35 bits per heavy atom. The zero-order valence-electron chi connectivity index (χ0n) is 9.01. The molecule has 3 rings (SSSR count). The molecule has 1 aliphatic rings. The fraction of sp³-hybridized carbons (Fsp3) is 0.167. The minimum atomic E-state index is -0.0395. The van der Waals surface area contributed by atoms with Gasteiger partial charge in [-0.2, -0.15) is 5.10 Å². The van der Waals surface area contributed by atoms with Gasteiger partial charge in [0.1, 0.15) is 0 Å². The number of amides is 1. The third-order valence-corrected chi connectivity index (χ3v) is 4.02. The second-order valence-corrected chi connectivity index (χ2v) is 5.14. The molecule has 0 bridgehead atoms. The summed E-state index contributed by atoms with van der Waals surface area (Å²) in [6.07, 6.45) is 4.07. The van der Waals surface area contributed by atoms with E-state index in [1.54, 1.807) is 24.2 Å². The van der Waals surface area contributed by atoms with Gasteiger partial charge in [0, 0.05) is 11.1 Å². The molecule has 5 heteroatoms. The number of aromatic amines is 1. The minimum absolute atomic E-state index is 0.0348. The molecule has 1 aliphatic heterocycles. The highest BCUT2D eigenvalue weighted by molar-refractivity contribution is 8.01. The molecule has 0 saturated carbocycles. The molecule has 0 fully saturated rings. The van der Waals surface area contributed by atoms with Gasteiger partial charge in [-0.25, -0.2) is 0 Å². The molecule has 4 nitrogen and oxygen atoms in total. The molecule has 17 heavy (non-hydrogen) atoms. The van der Waals surface area contributed by atoms with E-state index >= 15 is 0 Å². The Morgan fingerprint density at radius 1 is 1.47 bits per heavy atom. The Labute approximate surface area is 103 Å². The van der Waals surface area contributed by atoms with Gasteiger partial charge in [-0.1, -0.05) is 18.2 Å². The van der Waals surface area contributed by atoms with Crippen molar-refractivity contribution in [2.24, 2.45) is 0 Å². The van der Waals surface area contributed by atoms with Crippen molar-refractivity contribution in [1.82, 2.24) is 10.2 Å². The van der Waals surface area contributed by atoms with Gasteiger partial charge in [-0.05, 0) is 18.1 Å². The summed E-state index contributed by atoms with van der Waals surface area (Å²) in [5, 5.41) is 9.27. The van der Waals surface area contributed by atoms with Crippen molar-refractivity contribution < 1.29 is 4.79 Å². The van der Waals surface area contributed by atoms with E-state index in [4.69, 9.17) is 0 Å². The first-order valence-corrected chi connectivity index (χ1v) is 6.25. The second-order valence-electron chi connectivity index (χ2n) is 3.89. The fourth-order valence-corrected chi connectivity index (χ4v) is 3.07. The van der Waals surface area contributed by atoms with E-state index in [1.165, 1.54) is 10.5 Å². The summed E-state index contributed by atoms with van der Waals surface area (Å²) in [5.41, 5.74) is 1.97. The molecule has 1 unspecified atom stereocenters. The maximum absolute atomic E-state index is 12.0. The SMILES string of the molecule is O=C(Nc1cn[nH]c1)C1Cc2ccccc2S1. The number of anilines is 1. The lowest BCUT2D eigenvalue weighted by Crippen LogP contribution is -2.24. The first-order chi connectivity index (χ1) is 8.33. The summed E-state index contributed by atoms with van der Waals surface area (Å²) >= 11 is 1.62. The number of nitrogens with one attached hydrogen (secondary N) is 2. The summed E-state index contributed by atoms with van der Waals surface area (Å²) in [7, 11) is 0. The summed E-state index contributed by atoms with van der Waals surface area (Å²) in [5.74, 6) is 0.0348. The van der Waals surface area contributed by atoms with Crippen molar-refractivity contribution in [2.75, 3.05) is 5.32 Å². The highest BCUT2D eigenvalue weighted by atomic mass is 32.2. The normalized spacial score (nSPS) is 17.8. The van der Waals surface area contributed by atoms with Crippen LogP contribution in [0.5, 0.6) is 0 Å². The Kier molecular flexibility index (Phi) is 2.60. The average Bonchev–Trinajstić information content (AvgIpc) is 2.96. The van der Waals surface area contributed by atoms with Crippen LogP contribution in [0.2, 0.25) is 0 Å². The quantitative estimate of drug-likeness (QED) is 0.851. The standard InChI is InChI=1S/C12H11N3OS/c16-12(15-9-6-13-14-7-9)11-5-8-3-1-2-4-10(8)17-11/h1-4,6-7,11H,5H2,(H,13,14)(H,15,16). The van der Waals surface area contributed by atoms with Crippen LogP contribution in [-0.4, -0.2) is 21.4 Å². The van der Waals surface area contributed by atoms with E-state index < -0.39 is 0 Å². The number of nitrogens with zero attached hydrogens (tertiary/aromatic N) is 1. The molecule has 2 heterocycles. The van der Waals surface area contributed by atoms with Crippen LogP contribution in [0.15, 0.2) is 41.6 Å². The average molecular weight is 245 g/mol. The number of carbonyl (C=O) groups is 1. The summed E-state index contributed by atoms with van der Waals surface area (Å²) in [4.78, 5) is 13.2. The van der Waals surface area contributed by atoms with Gasteiger partial charge in [0.25, 0.3) is 0 Å². The smallest absolute Gasteiger partial charge is 0.238 e.